The molecule has 1 aliphatic rings. The molecule has 0 radical (unpaired) electrons. The summed E-state index contributed by atoms with van der Waals surface area (Å²) >= 11 is 5.92. The largest absolute Gasteiger partial charge is 0.333 e. The maximum atomic E-state index is 12.9. The number of unbranched alkanes of at least 4 members (excludes halogenated alkanes) is 1. The Kier molecular flexibility index (Phi) is 6.35. The van der Waals surface area contributed by atoms with E-state index in [9.17, 15) is 9.59 Å². The summed E-state index contributed by atoms with van der Waals surface area (Å²) < 4.78 is 0. The lowest BCUT2D eigenvalue weighted by Crippen LogP contribution is -2.46. The molecule has 2 aromatic carbocycles. The van der Waals surface area contributed by atoms with Crippen LogP contribution in [0.25, 0.3) is 0 Å². The number of benzene rings is 2. The standard InChI is InChI=1S/C21H24ClN3O2/c1-2-3-13-24(18-7-5-4-6-8-18)21(27)23-17-14-20(26)25(15-17)19-11-9-16(22)10-12-19/h4-12,17H,2-3,13-15H2,1H3,(H,23,27). The zero-order valence-electron chi connectivity index (χ0n) is 15.4. The number of nitrogens with one attached hydrogen (secondary N) is 1. The third-order valence-electron chi connectivity index (χ3n) is 4.64. The molecule has 1 N–H and O–H groups in total. The summed E-state index contributed by atoms with van der Waals surface area (Å²) in [6.07, 6.45) is 2.22. The van der Waals surface area contributed by atoms with Crippen molar-refractivity contribution in [1.29, 1.82) is 0 Å². The van der Waals surface area contributed by atoms with Gasteiger partial charge in [-0.05, 0) is 42.8 Å². The van der Waals surface area contributed by atoms with Crippen molar-refractivity contribution in [3.63, 3.8) is 0 Å². The zero-order chi connectivity index (χ0) is 19.2. The molecule has 1 saturated heterocycles. The van der Waals surface area contributed by atoms with Gasteiger partial charge < -0.3 is 10.2 Å². The van der Waals surface area contributed by atoms with E-state index in [0.29, 0.717) is 24.5 Å². The smallest absolute Gasteiger partial charge is 0.322 e. The van der Waals surface area contributed by atoms with Gasteiger partial charge in [-0.3, -0.25) is 9.69 Å². The number of hydrogen-bond donors (Lipinski definition) is 1. The van der Waals surface area contributed by atoms with Crippen LogP contribution in [0.2, 0.25) is 5.02 Å². The fraction of sp³-hybridized carbons (Fsp3) is 0.333. The predicted molar refractivity (Wildman–Crippen MR) is 109 cm³/mol. The first-order chi connectivity index (χ1) is 13.1. The summed E-state index contributed by atoms with van der Waals surface area (Å²) in [7, 11) is 0. The van der Waals surface area contributed by atoms with E-state index in [1.54, 1.807) is 21.9 Å². The van der Waals surface area contributed by atoms with Crippen LogP contribution in [-0.2, 0) is 4.79 Å². The number of amides is 3. The normalized spacial score (nSPS) is 16.4. The van der Waals surface area contributed by atoms with Gasteiger partial charge in [0, 0.05) is 35.9 Å². The molecule has 0 aromatic heterocycles. The SMILES string of the molecule is CCCCN(C(=O)NC1CC(=O)N(c2ccc(Cl)cc2)C1)c1ccccc1. The Hall–Kier alpha value is -2.53. The Balaban J connectivity index is 1.67. The quantitative estimate of drug-likeness (QED) is 0.798. The molecular formula is C21H24ClN3O2. The molecule has 3 rings (SSSR count). The van der Waals surface area contributed by atoms with E-state index in [4.69, 9.17) is 11.6 Å². The van der Waals surface area contributed by atoms with Crippen LogP contribution < -0.4 is 15.1 Å². The van der Waals surface area contributed by atoms with E-state index < -0.39 is 0 Å². The van der Waals surface area contributed by atoms with Crippen LogP contribution in [0.3, 0.4) is 0 Å². The molecular weight excluding hydrogens is 362 g/mol. The summed E-state index contributed by atoms with van der Waals surface area (Å²) in [4.78, 5) is 28.7. The first-order valence-electron chi connectivity index (χ1n) is 9.27. The van der Waals surface area contributed by atoms with Crippen LogP contribution in [0.15, 0.2) is 54.6 Å². The Morgan fingerprint density at radius 3 is 2.56 bits per heavy atom. The Morgan fingerprint density at radius 1 is 1.19 bits per heavy atom. The topological polar surface area (TPSA) is 52.7 Å². The first-order valence-corrected chi connectivity index (χ1v) is 9.65. The second-order valence-corrected chi connectivity index (χ2v) is 7.11. The first kappa shape index (κ1) is 19.2. The number of rotatable bonds is 6. The number of carbonyl (C=O) groups excluding carboxylic acids is 2. The molecule has 1 fully saturated rings. The molecule has 0 aliphatic carbocycles. The lowest BCUT2D eigenvalue weighted by Gasteiger charge is -2.25. The van der Waals surface area contributed by atoms with E-state index in [2.05, 4.69) is 12.2 Å². The summed E-state index contributed by atoms with van der Waals surface area (Å²) in [6.45, 7) is 3.21. The van der Waals surface area contributed by atoms with Crippen molar-refractivity contribution in [3.05, 3.63) is 59.6 Å². The molecule has 6 heteroatoms. The van der Waals surface area contributed by atoms with Gasteiger partial charge >= 0.3 is 6.03 Å². The van der Waals surface area contributed by atoms with Crippen molar-refractivity contribution >= 4 is 34.9 Å². The number of anilines is 2. The Bertz CT molecular complexity index is 780. The molecule has 3 amide bonds. The van der Waals surface area contributed by atoms with E-state index in [1.165, 1.54) is 0 Å². The highest BCUT2D eigenvalue weighted by Gasteiger charge is 2.32. The molecule has 0 saturated carbocycles. The van der Waals surface area contributed by atoms with Crippen molar-refractivity contribution in [3.8, 4) is 0 Å². The molecule has 1 heterocycles. The van der Waals surface area contributed by atoms with Crippen molar-refractivity contribution in [2.75, 3.05) is 22.9 Å². The number of para-hydroxylation sites is 1. The maximum absolute atomic E-state index is 12.9. The lowest BCUT2D eigenvalue weighted by atomic mass is 10.2. The summed E-state index contributed by atoms with van der Waals surface area (Å²) in [6, 6.07) is 16.4. The van der Waals surface area contributed by atoms with Gasteiger partial charge in [-0.1, -0.05) is 43.1 Å². The van der Waals surface area contributed by atoms with Gasteiger partial charge in [0.2, 0.25) is 5.91 Å². The van der Waals surface area contributed by atoms with Crippen LogP contribution in [0.1, 0.15) is 26.2 Å². The van der Waals surface area contributed by atoms with Crippen LogP contribution in [0.5, 0.6) is 0 Å². The number of urea groups is 1. The highest BCUT2D eigenvalue weighted by atomic mass is 35.5. The number of halogens is 1. The van der Waals surface area contributed by atoms with Gasteiger partial charge in [0.25, 0.3) is 0 Å². The highest BCUT2D eigenvalue weighted by Crippen LogP contribution is 2.24. The van der Waals surface area contributed by atoms with Gasteiger partial charge in [0.05, 0.1) is 6.04 Å². The van der Waals surface area contributed by atoms with Crippen molar-refractivity contribution in [1.82, 2.24) is 5.32 Å². The molecule has 5 nitrogen and oxygen atoms in total. The minimum atomic E-state index is -0.214. The average Bonchev–Trinajstić information content (AvgIpc) is 3.03. The monoisotopic (exact) mass is 385 g/mol. The molecule has 1 unspecified atom stereocenters. The lowest BCUT2D eigenvalue weighted by molar-refractivity contribution is -0.117. The molecule has 0 spiro atoms. The third-order valence-corrected chi connectivity index (χ3v) is 4.89. The highest BCUT2D eigenvalue weighted by molar-refractivity contribution is 6.30. The van der Waals surface area contributed by atoms with Gasteiger partial charge in [-0.2, -0.15) is 0 Å². The molecule has 1 aliphatic heterocycles. The minimum absolute atomic E-state index is 0.00226. The fourth-order valence-corrected chi connectivity index (χ4v) is 3.33. The predicted octanol–water partition coefficient (Wildman–Crippen LogP) is 4.46. The fourth-order valence-electron chi connectivity index (χ4n) is 3.20. The maximum Gasteiger partial charge on any atom is 0.322 e. The van der Waals surface area contributed by atoms with E-state index in [-0.39, 0.29) is 18.0 Å². The van der Waals surface area contributed by atoms with Gasteiger partial charge in [0.1, 0.15) is 0 Å². The molecule has 27 heavy (non-hydrogen) atoms. The van der Waals surface area contributed by atoms with Gasteiger partial charge in [-0.25, -0.2) is 4.79 Å². The van der Waals surface area contributed by atoms with Crippen molar-refractivity contribution < 1.29 is 9.59 Å². The minimum Gasteiger partial charge on any atom is -0.333 e. The van der Waals surface area contributed by atoms with E-state index in [0.717, 1.165) is 24.2 Å². The summed E-state index contributed by atoms with van der Waals surface area (Å²) in [5.74, 6) is 0.00226. The van der Waals surface area contributed by atoms with Gasteiger partial charge in [0.15, 0.2) is 0 Å². The number of hydrogen-bond acceptors (Lipinski definition) is 2. The summed E-state index contributed by atoms with van der Waals surface area (Å²) in [5, 5.41) is 3.66. The average molecular weight is 386 g/mol. The van der Waals surface area contributed by atoms with E-state index >= 15 is 0 Å². The molecule has 142 valence electrons. The second kappa shape index (κ2) is 8.91. The Morgan fingerprint density at radius 2 is 1.89 bits per heavy atom. The molecule has 2 aromatic rings. The third kappa shape index (κ3) is 4.80. The number of nitrogens with zero attached hydrogens (tertiary/aromatic N) is 2. The Labute approximate surface area is 164 Å². The van der Waals surface area contributed by atoms with Crippen molar-refractivity contribution in [2.45, 2.75) is 32.2 Å². The van der Waals surface area contributed by atoms with Crippen LogP contribution in [-0.4, -0.2) is 31.1 Å². The summed E-state index contributed by atoms with van der Waals surface area (Å²) in [5.41, 5.74) is 1.66. The molecule has 0 bridgehead atoms. The second-order valence-electron chi connectivity index (χ2n) is 6.67. The zero-order valence-corrected chi connectivity index (χ0v) is 16.2. The van der Waals surface area contributed by atoms with Crippen LogP contribution >= 0.6 is 11.6 Å². The van der Waals surface area contributed by atoms with Gasteiger partial charge in [-0.15, -0.1) is 0 Å². The van der Waals surface area contributed by atoms with Crippen LogP contribution in [0, 0.1) is 0 Å². The molecule has 1 atom stereocenters. The van der Waals surface area contributed by atoms with E-state index in [1.807, 2.05) is 42.5 Å². The number of carbonyl (C=O) groups is 2. The van der Waals surface area contributed by atoms with Crippen LogP contribution in [0.4, 0.5) is 16.2 Å². The van der Waals surface area contributed by atoms with Crippen molar-refractivity contribution in [2.24, 2.45) is 0 Å².